The summed E-state index contributed by atoms with van der Waals surface area (Å²) in [5.41, 5.74) is 1.28. The summed E-state index contributed by atoms with van der Waals surface area (Å²) in [7, 11) is 0. The van der Waals surface area contributed by atoms with Gasteiger partial charge in [-0.1, -0.05) is 40.0 Å². The lowest BCUT2D eigenvalue weighted by Gasteiger charge is -2.27. The largest absolute Gasteiger partial charge is 0.260 e. The molecule has 0 N–H and O–H groups in total. The number of hydrogen-bond donors (Lipinski definition) is 0. The van der Waals surface area contributed by atoms with Crippen molar-refractivity contribution in [3.63, 3.8) is 0 Å². The van der Waals surface area contributed by atoms with Crippen LogP contribution in [0.2, 0.25) is 0 Å². The van der Waals surface area contributed by atoms with Gasteiger partial charge in [0.2, 0.25) is 0 Å². The van der Waals surface area contributed by atoms with E-state index in [1.54, 1.807) is 6.20 Å². The first kappa shape index (κ1) is 13.6. The Kier molecular flexibility index (Phi) is 5.39. The first-order valence-corrected chi connectivity index (χ1v) is 6.89. The van der Waals surface area contributed by atoms with Crippen molar-refractivity contribution in [2.45, 2.75) is 58.3 Å². The van der Waals surface area contributed by atoms with Gasteiger partial charge in [-0.3, -0.25) is 4.98 Å². The van der Waals surface area contributed by atoms with Crippen LogP contribution < -0.4 is 0 Å². The van der Waals surface area contributed by atoms with Crippen LogP contribution in [0.3, 0.4) is 0 Å². The lowest BCUT2D eigenvalue weighted by atomic mass is 9.79. The molecule has 0 bridgehead atoms. The Morgan fingerprint density at radius 3 is 2.56 bits per heavy atom. The van der Waals surface area contributed by atoms with Crippen LogP contribution in [0.1, 0.15) is 58.6 Å². The van der Waals surface area contributed by atoms with E-state index >= 15 is 0 Å². The predicted octanol–water partition coefficient (Wildman–Crippen LogP) is 4.49. The van der Waals surface area contributed by atoms with Crippen molar-refractivity contribution in [1.82, 2.24) is 9.97 Å². The zero-order valence-electron chi connectivity index (χ0n) is 10.5. The molecule has 0 aliphatic carbocycles. The van der Waals surface area contributed by atoms with Gasteiger partial charge in [0.1, 0.15) is 4.60 Å². The molecule has 2 nitrogen and oxygen atoms in total. The molecule has 3 heteroatoms. The van der Waals surface area contributed by atoms with Gasteiger partial charge in [-0.2, -0.15) is 0 Å². The van der Waals surface area contributed by atoms with Gasteiger partial charge in [-0.15, -0.1) is 0 Å². The summed E-state index contributed by atoms with van der Waals surface area (Å²) in [5.74, 6) is 0. The minimum absolute atomic E-state index is 0.173. The maximum Gasteiger partial charge on any atom is 0.124 e. The van der Waals surface area contributed by atoms with Crippen LogP contribution in [0.4, 0.5) is 0 Å². The summed E-state index contributed by atoms with van der Waals surface area (Å²) in [5, 5.41) is 0. The molecule has 0 spiro atoms. The molecule has 0 amide bonds. The topological polar surface area (TPSA) is 25.8 Å². The highest BCUT2D eigenvalue weighted by Crippen LogP contribution is 2.32. The summed E-state index contributed by atoms with van der Waals surface area (Å²) in [6.07, 6.45) is 9.80. The Balaban J connectivity index is 2.78. The van der Waals surface area contributed by atoms with Crippen molar-refractivity contribution in [2.24, 2.45) is 0 Å². The lowest BCUT2D eigenvalue weighted by Crippen LogP contribution is -2.22. The summed E-state index contributed by atoms with van der Waals surface area (Å²) >= 11 is 3.39. The van der Waals surface area contributed by atoms with Gasteiger partial charge in [-0.05, 0) is 28.8 Å². The first-order chi connectivity index (χ1) is 7.62. The SMILES string of the molecule is CCCCCC(C)(CC)c1cncc(Br)n1. The number of aromatic nitrogens is 2. The van der Waals surface area contributed by atoms with Gasteiger partial charge in [0.15, 0.2) is 0 Å². The third-order valence-corrected chi connectivity index (χ3v) is 3.72. The summed E-state index contributed by atoms with van der Waals surface area (Å²) in [6, 6.07) is 0. The predicted molar refractivity (Wildman–Crippen MR) is 71.5 cm³/mol. The van der Waals surface area contributed by atoms with Crippen molar-refractivity contribution >= 4 is 15.9 Å². The molecule has 1 atom stereocenters. The Morgan fingerprint density at radius 1 is 1.25 bits per heavy atom. The van der Waals surface area contributed by atoms with E-state index in [9.17, 15) is 0 Å². The Bertz CT molecular complexity index is 327. The molecule has 0 saturated carbocycles. The smallest absolute Gasteiger partial charge is 0.124 e. The van der Waals surface area contributed by atoms with Gasteiger partial charge in [0.05, 0.1) is 11.9 Å². The molecule has 0 aromatic carbocycles. The Morgan fingerprint density at radius 2 is 2.00 bits per heavy atom. The van der Waals surface area contributed by atoms with E-state index in [-0.39, 0.29) is 5.41 Å². The van der Waals surface area contributed by atoms with Crippen molar-refractivity contribution in [3.05, 3.63) is 22.7 Å². The van der Waals surface area contributed by atoms with Gasteiger partial charge in [-0.25, -0.2) is 4.98 Å². The second kappa shape index (κ2) is 6.33. The van der Waals surface area contributed by atoms with E-state index in [0.717, 1.165) is 16.7 Å². The lowest BCUT2D eigenvalue weighted by molar-refractivity contribution is 0.386. The number of unbranched alkanes of at least 4 members (excludes halogenated alkanes) is 2. The minimum atomic E-state index is 0.173. The van der Waals surface area contributed by atoms with Crippen molar-refractivity contribution in [3.8, 4) is 0 Å². The molecule has 1 rings (SSSR count). The number of hydrogen-bond acceptors (Lipinski definition) is 2. The quantitative estimate of drug-likeness (QED) is 0.720. The van der Waals surface area contributed by atoms with E-state index in [4.69, 9.17) is 0 Å². The number of halogens is 1. The molecule has 0 radical (unpaired) electrons. The Hall–Kier alpha value is -0.440. The van der Waals surface area contributed by atoms with Gasteiger partial charge in [0.25, 0.3) is 0 Å². The highest BCUT2D eigenvalue weighted by molar-refractivity contribution is 9.10. The molecule has 0 aliphatic rings. The Labute approximate surface area is 107 Å². The minimum Gasteiger partial charge on any atom is -0.260 e. The van der Waals surface area contributed by atoms with Crippen LogP contribution in [-0.4, -0.2) is 9.97 Å². The maximum atomic E-state index is 4.55. The molecule has 1 heterocycles. The van der Waals surface area contributed by atoms with Crippen LogP contribution in [0.15, 0.2) is 17.0 Å². The molecule has 0 saturated heterocycles. The average Bonchev–Trinajstić information content (AvgIpc) is 2.29. The summed E-state index contributed by atoms with van der Waals surface area (Å²) < 4.78 is 0.833. The van der Waals surface area contributed by atoms with Crippen LogP contribution in [0, 0.1) is 0 Å². The van der Waals surface area contributed by atoms with Crippen molar-refractivity contribution in [2.75, 3.05) is 0 Å². The van der Waals surface area contributed by atoms with Crippen molar-refractivity contribution in [1.29, 1.82) is 0 Å². The fourth-order valence-electron chi connectivity index (χ4n) is 1.88. The second-order valence-electron chi connectivity index (χ2n) is 4.60. The second-order valence-corrected chi connectivity index (χ2v) is 5.41. The maximum absolute atomic E-state index is 4.55. The molecular formula is C13H21BrN2. The van der Waals surface area contributed by atoms with Crippen molar-refractivity contribution < 1.29 is 0 Å². The number of nitrogens with zero attached hydrogens (tertiary/aromatic N) is 2. The fourth-order valence-corrected chi connectivity index (χ4v) is 2.19. The first-order valence-electron chi connectivity index (χ1n) is 6.10. The van der Waals surface area contributed by atoms with Crippen LogP contribution in [-0.2, 0) is 5.41 Å². The van der Waals surface area contributed by atoms with Gasteiger partial charge < -0.3 is 0 Å². The van der Waals surface area contributed by atoms with Crippen LogP contribution in [0.25, 0.3) is 0 Å². The average molecular weight is 285 g/mol. The molecule has 16 heavy (non-hydrogen) atoms. The number of rotatable bonds is 6. The molecular weight excluding hydrogens is 264 g/mol. The van der Waals surface area contributed by atoms with Crippen LogP contribution in [0.5, 0.6) is 0 Å². The van der Waals surface area contributed by atoms with E-state index in [0.29, 0.717) is 0 Å². The van der Waals surface area contributed by atoms with Gasteiger partial charge >= 0.3 is 0 Å². The molecule has 0 fully saturated rings. The summed E-state index contributed by atoms with van der Waals surface area (Å²) in [6.45, 7) is 6.76. The zero-order chi connectivity index (χ0) is 12.0. The highest BCUT2D eigenvalue weighted by atomic mass is 79.9. The molecule has 1 unspecified atom stereocenters. The van der Waals surface area contributed by atoms with Gasteiger partial charge in [0, 0.05) is 11.6 Å². The molecule has 90 valence electrons. The molecule has 1 aromatic rings. The highest BCUT2D eigenvalue weighted by Gasteiger charge is 2.25. The molecule has 0 aliphatic heterocycles. The zero-order valence-corrected chi connectivity index (χ0v) is 12.0. The third kappa shape index (κ3) is 3.55. The molecule has 1 aromatic heterocycles. The summed E-state index contributed by atoms with van der Waals surface area (Å²) in [4.78, 5) is 8.77. The fraction of sp³-hybridized carbons (Fsp3) is 0.692. The third-order valence-electron chi connectivity index (χ3n) is 3.34. The monoisotopic (exact) mass is 284 g/mol. The normalized spacial score (nSPS) is 14.8. The van der Waals surface area contributed by atoms with E-state index in [1.165, 1.54) is 25.7 Å². The van der Waals surface area contributed by atoms with E-state index in [1.807, 2.05) is 6.20 Å². The van der Waals surface area contributed by atoms with Crippen LogP contribution >= 0.6 is 15.9 Å². The standard InChI is InChI=1S/C13H21BrN2/c1-4-6-7-8-13(3,5-2)11-9-15-10-12(14)16-11/h9-10H,4-8H2,1-3H3. The van der Waals surface area contributed by atoms with E-state index in [2.05, 4.69) is 46.7 Å². The van der Waals surface area contributed by atoms with E-state index < -0.39 is 0 Å².